The van der Waals surface area contributed by atoms with Gasteiger partial charge in [-0.15, -0.1) is 0 Å². The molecule has 3 heterocycles. The number of amides is 1. The molecule has 1 saturated heterocycles. The van der Waals surface area contributed by atoms with E-state index in [0.29, 0.717) is 35.7 Å². The maximum absolute atomic E-state index is 13.5. The van der Waals surface area contributed by atoms with Crippen LogP contribution in [0.2, 0.25) is 0 Å². The Hall–Kier alpha value is -5.11. The summed E-state index contributed by atoms with van der Waals surface area (Å²) >= 11 is 0. The van der Waals surface area contributed by atoms with Crippen LogP contribution in [0.5, 0.6) is 17.2 Å². The number of anilines is 1. The molecule has 1 amide bonds. The molecule has 4 aromatic rings. The number of carbonyl (C=O) groups excluding carboxylic acids is 2. The fourth-order valence-electron chi connectivity index (χ4n) is 5.31. The number of rotatable bonds is 7. The van der Waals surface area contributed by atoms with E-state index in [1.54, 1.807) is 60.8 Å². The van der Waals surface area contributed by atoms with E-state index < -0.39 is 17.7 Å². The molecule has 8 nitrogen and oxygen atoms in total. The number of benzene rings is 3. The molecule has 2 aliphatic rings. The van der Waals surface area contributed by atoms with Crippen LogP contribution in [0.15, 0.2) is 96.7 Å². The molecule has 2 atom stereocenters. The first-order chi connectivity index (χ1) is 19.9. The highest BCUT2D eigenvalue weighted by molar-refractivity contribution is 6.51. The number of hydrogen-bond donors (Lipinski definition) is 1. The van der Waals surface area contributed by atoms with Crippen LogP contribution in [0.4, 0.5) is 5.82 Å². The lowest BCUT2D eigenvalue weighted by Gasteiger charge is -2.25. The number of fused-ring (bicyclic) bond motifs is 1. The van der Waals surface area contributed by atoms with Gasteiger partial charge in [-0.3, -0.25) is 14.5 Å². The van der Waals surface area contributed by atoms with Gasteiger partial charge in [-0.1, -0.05) is 42.5 Å². The molecule has 0 spiro atoms. The number of aliphatic hydroxyl groups excluding tert-OH is 1. The summed E-state index contributed by atoms with van der Waals surface area (Å²) in [4.78, 5) is 32.7. The van der Waals surface area contributed by atoms with Crippen molar-refractivity contribution in [1.29, 1.82) is 0 Å². The number of hydrogen-bond acceptors (Lipinski definition) is 7. The second-order valence-electron chi connectivity index (χ2n) is 10.00. The summed E-state index contributed by atoms with van der Waals surface area (Å²) in [7, 11) is 1.53. The minimum Gasteiger partial charge on any atom is -0.507 e. The smallest absolute Gasteiger partial charge is 0.301 e. The second-order valence-corrected chi connectivity index (χ2v) is 10.00. The minimum atomic E-state index is -0.953. The normalized spacial score (nSPS) is 19.1. The number of ether oxygens (including phenoxy) is 3. The van der Waals surface area contributed by atoms with Crippen molar-refractivity contribution in [2.75, 3.05) is 12.0 Å². The van der Waals surface area contributed by atoms with Gasteiger partial charge in [-0.05, 0) is 66.1 Å². The van der Waals surface area contributed by atoms with Crippen molar-refractivity contribution >= 4 is 23.3 Å². The van der Waals surface area contributed by atoms with Gasteiger partial charge < -0.3 is 19.3 Å². The van der Waals surface area contributed by atoms with E-state index in [9.17, 15) is 14.7 Å². The highest BCUT2D eigenvalue weighted by atomic mass is 16.5. The van der Waals surface area contributed by atoms with Gasteiger partial charge >= 0.3 is 5.91 Å². The SMILES string of the molecule is COc1cc(C2C(=C(O)c3ccc4c(c3)CC(C)O4)C(=O)C(=O)N2c2ccccn2)ccc1OCc1ccccc1. The molecule has 3 aromatic carbocycles. The van der Waals surface area contributed by atoms with Crippen LogP contribution in [-0.4, -0.2) is 35.0 Å². The van der Waals surface area contributed by atoms with Crippen molar-refractivity contribution in [2.45, 2.75) is 32.1 Å². The second kappa shape index (κ2) is 10.8. The number of aromatic nitrogens is 1. The number of nitrogens with zero attached hydrogens (tertiary/aromatic N) is 2. The van der Waals surface area contributed by atoms with E-state index in [2.05, 4.69) is 4.98 Å². The maximum atomic E-state index is 13.5. The van der Waals surface area contributed by atoms with Gasteiger partial charge in [0.1, 0.15) is 30.0 Å². The molecule has 0 radical (unpaired) electrons. The average Bonchev–Trinajstić information content (AvgIpc) is 3.51. The quantitative estimate of drug-likeness (QED) is 0.182. The predicted molar refractivity (Wildman–Crippen MR) is 153 cm³/mol. The van der Waals surface area contributed by atoms with E-state index in [-0.39, 0.29) is 23.3 Å². The lowest BCUT2D eigenvalue weighted by atomic mass is 9.94. The molecule has 1 aromatic heterocycles. The van der Waals surface area contributed by atoms with Crippen LogP contribution in [-0.2, 0) is 22.6 Å². The van der Waals surface area contributed by atoms with Crippen molar-refractivity contribution in [3.05, 3.63) is 119 Å². The van der Waals surface area contributed by atoms with E-state index in [0.717, 1.165) is 16.9 Å². The third kappa shape index (κ3) is 4.89. The van der Waals surface area contributed by atoms with Crippen LogP contribution in [0.25, 0.3) is 5.76 Å². The Kier molecular flexibility index (Phi) is 6.89. The van der Waals surface area contributed by atoms with Crippen molar-refractivity contribution in [3.63, 3.8) is 0 Å². The van der Waals surface area contributed by atoms with Gasteiger partial charge in [0.05, 0.1) is 18.7 Å². The summed E-state index contributed by atoms with van der Waals surface area (Å²) in [5, 5.41) is 11.6. The molecule has 2 unspecified atom stereocenters. The van der Waals surface area contributed by atoms with Gasteiger partial charge in [-0.25, -0.2) is 4.98 Å². The third-order valence-electron chi connectivity index (χ3n) is 7.25. The number of Topliss-reactive ketones (excluding diaryl/α,β-unsaturated/α-hetero) is 1. The molecule has 1 fully saturated rings. The number of pyridine rings is 1. The van der Waals surface area contributed by atoms with Gasteiger partial charge in [0.2, 0.25) is 0 Å². The first-order valence-corrected chi connectivity index (χ1v) is 13.3. The van der Waals surface area contributed by atoms with Crippen molar-refractivity contribution in [2.24, 2.45) is 0 Å². The summed E-state index contributed by atoms with van der Waals surface area (Å²) in [6.45, 7) is 2.31. The Bertz CT molecular complexity index is 1650. The average molecular weight is 549 g/mol. The molecule has 8 heteroatoms. The lowest BCUT2D eigenvalue weighted by molar-refractivity contribution is -0.132. The van der Waals surface area contributed by atoms with Crippen LogP contribution < -0.4 is 19.1 Å². The zero-order valence-electron chi connectivity index (χ0n) is 22.6. The number of methoxy groups -OCH3 is 1. The van der Waals surface area contributed by atoms with Crippen molar-refractivity contribution in [3.8, 4) is 17.2 Å². The molecule has 0 saturated carbocycles. The molecule has 1 N–H and O–H groups in total. The Balaban J connectivity index is 1.44. The summed E-state index contributed by atoms with van der Waals surface area (Å²) in [5.41, 5.74) is 2.88. The van der Waals surface area contributed by atoms with Crippen LogP contribution in [0, 0.1) is 0 Å². The Morgan fingerprint density at radius 3 is 2.56 bits per heavy atom. The standard InChI is InChI=1S/C33H28N2O6/c1-20-16-24-17-23(12-13-25(24)41-20)31(36)29-30(35(33(38)32(29)37)28-10-6-7-15-34-28)22-11-14-26(27(18-22)39-2)40-19-21-8-4-3-5-9-21/h3-15,17-18,20,30,36H,16,19H2,1-2H3. The van der Waals surface area contributed by atoms with Gasteiger partial charge in [0.25, 0.3) is 5.78 Å². The zero-order chi connectivity index (χ0) is 28.5. The van der Waals surface area contributed by atoms with E-state index in [4.69, 9.17) is 14.2 Å². The summed E-state index contributed by atoms with van der Waals surface area (Å²) in [5.74, 6) is 0.116. The van der Waals surface area contributed by atoms with Crippen molar-refractivity contribution in [1.82, 2.24) is 4.98 Å². The fourth-order valence-corrected chi connectivity index (χ4v) is 5.31. The van der Waals surface area contributed by atoms with Crippen LogP contribution >= 0.6 is 0 Å². The van der Waals surface area contributed by atoms with E-state index in [1.807, 2.05) is 37.3 Å². The minimum absolute atomic E-state index is 0.0206. The van der Waals surface area contributed by atoms with E-state index >= 15 is 0 Å². The largest absolute Gasteiger partial charge is 0.507 e. The Labute approximate surface area is 237 Å². The molecule has 0 bridgehead atoms. The molecule has 6 rings (SSSR count). The monoisotopic (exact) mass is 548 g/mol. The number of ketones is 1. The first kappa shape index (κ1) is 26.1. The Morgan fingerprint density at radius 2 is 1.80 bits per heavy atom. The van der Waals surface area contributed by atoms with Gasteiger partial charge in [0, 0.05) is 18.2 Å². The highest BCUT2D eigenvalue weighted by Crippen LogP contribution is 2.44. The van der Waals surface area contributed by atoms with Gasteiger partial charge in [0.15, 0.2) is 11.5 Å². The first-order valence-electron chi connectivity index (χ1n) is 13.3. The maximum Gasteiger partial charge on any atom is 0.301 e. The van der Waals surface area contributed by atoms with E-state index in [1.165, 1.54) is 12.0 Å². The lowest BCUT2D eigenvalue weighted by Crippen LogP contribution is -2.30. The molecule has 206 valence electrons. The molecular formula is C33H28N2O6. The summed E-state index contributed by atoms with van der Waals surface area (Å²) in [6, 6.07) is 24.4. The fraction of sp³-hybridized carbons (Fsp3) is 0.182. The highest BCUT2D eigenvalue weighted by Gasteiger charge is 2.47. The van der Waals surface area contributed by atoms with Crippen LogP contribution in [0.1, 0.15) is 35.2 Å². The summed E-state index contributed by atoms with van der Waals surface area (Å²) < 4.78 is 17.5. The molecule has 2 aliphatic heterocycles. The van der Waals surface area contributed by atoms with Crippen molar-refractivity contribution < 1.29 is 28.9 Å². The Morgan fingerprint density at radius 1 is 1.00 bits per heavy atom. The number of aliphatic hydroxyl groups is 1. The zero-order valence-corrected chi connectivity index (χ0v) is 22.6. The molecular weight excluding hydrogens is 520 g/mol. The number of carbonyl (C=O) groups is 2. The third-order valence-corrected chi connectivity index (χ3v) is 7.25. The molecule has 0 aliphatic carbocycles. The summed E-state index contributed by atoms with van der Waals surface area (Å²) in [6.07, 6.45) is 2.25. The molecule has 41 heavy (non-hydrogen) atoms. The van der Waals surface area contributed by atoms with Crippen LogP contribution in [0.3, 0.4) is 0 Å². The topological polar surface area (TPSA) is 98.2 Å². The predicted octanol–water partition coefficient (Wildman–Crippen LogP) is 5.62. The van der Waals surface area contributed by atoms with Gasteiger partial charge in [-0.2, -0.15) is 0 Å².